The summed E-state index contributed by atoms with van der Waals surface area (Å²) in [6.07, 6.45) is 2.57. The van der Waals surface area contributed by atoms with Gasteiger partial charge in [-0.3, -0.25) is 0 Å². The monoisotopic (exact) mass is 324 g/mol. The highest BCUT2D eigenvalue weighted by Gasteiger charge is 2.33. The quantitative estimate of drug-likeness (QED) is 0.761. The average molecular weight is 325 g/mol. The van der Waals surface area contributed by atoms with E-state index in [-0.39, 0.29) is 0 Å². The lowest BCUT2D eigenvalue weighted by Gasteiger charge is -2.21. The second-order valence-corrected chi connectivity index (χ2v) is 6.67. The molecular weight excluding hydrogens is 300 g/mol. The number of hydrogen-bond donors (Lipinski definition) is 1. The molecule has 0 aliphatic heterocycles. The van der Waals surface area contributed by atoms with Crippen LogP contribution in [0, 0.1) is 11.8 Å². The fourth-order valence-corrected chi connectivity index (χ4v) is 3.21. The Balaban J connectivity index is 1.93. The molecule has 1 aliphatic carbocycles. The van der Waals surface area contributed by atoms with Crippen LogP contribution in [-0.2, 0) is 6.54 Å². The molecule has 2 unspecified atom stereocenters. The Bertz CT molecular complexity index is 419. The molecule has 1 aromatic carbocycles. The van der Waals surface area contributed by atoms with Gasteiger partial charge >= 0.3 is 0 Å². The molecule has 0 heterocycles. The van der Waals surface area contributed by atoms with E-state index in [0.717, 1.165) is 24.9 Å². The van der Waals surface area contributed by atoms with Gasteiger partial charge in [-0.1, -0.05) is 19.9 Å². The van der Waals surface area contributed by atoms with Gasteiger partial charge in [0.2, 0.25) is 0 Å². The van der Waals surface area contributed by atoms with Crippen molar-refractivity contribution in [1.82, 2.24) is 5.32 Å². The van der Waals surface area contributed by atoms with Crippen LogP contribution in [0.25, 0.3) is 0 Å². The Labute approximate surface area is 125 Å². The molecule has 1 N–H and O–H groups in total. The SMILES string of the molecule is CCCNCc1ccc(N(C)CC2CC2C)c(Br)c1. The number of nitrogens with one attached hydrogen (secondary N) is 1. The summed E-state index contributed by atoms with van der Waals surface area (Å²) in [5.41, 5.74) is 2.65. The van der Waals surface area contributed by atoms with E-state index in [0.29, 0.717) is 0 Å². The van der Waals surface area contributed by atoms with Crippen LogP contribution in [0.15, 0.2) is 22.7 Å². The van der Waals surface area contributed by atoms with Gasteiger partial charge in [0.1, 0.15) is 0 Å². The van der Waals surface area contributed by atoms with Crippen molar-refractivity contribution in [3.05, 3.63) is 28.2 Å². The molecule has 0 aromatic heterocycles. The Kier molecular flexibility index (Phi) is 5.28. The summed E-state index contributed by atoms with van der Waals surface area (Å²) < 4.78 is 1.21. The molecule has 19 heavy (non-hydrogen) atoms. The second-order valence-electron chi connectivity index (χ2n) is 5.82. The van der Waals surface area contributed by atoms with Crippen LogP contribution in [0.3, 0.4) is 0 Å². The molecule has 2 rings (SSSR count). The molecule has 0 bridgehead atoms. The molecule has 1 aromatic rings. The van der Waals surface area contributed by atoms with Gasteiger partial charge in [0.05, 0.1) is 5.69 Å². The number of rotatable bonds is 7. The summed E-state index contributed by atoms with van der Waals surface area (Å²) in [7, 11) is 2.19. The van der Waals surface area contributed by atoms with Crippen molar-refractivity contribution in [3.63, 3.8) is 0 Å². The molecule has 2 nitrogen and oxygen atoms in total. The van der Waals surface area contributed by atoms with Crippen LogP contribution in [0.2, 0.25) is 0 Å². The molecule has 0 radical (unpaired) electrons. The van der Waals surface area contributed by atoms with Crippen molar-refractivity contribution >= 4 is 21.6 Å². The van der Waals surface area contributed by atoms with Gasteiger partial charge in [0.25, 0.3) is 0 Å². The van der Waals surface area contributed by atoms with Crippen molar-refractivity contribution in [2.24, 2.45) is 11.8 Å². The van der Waals surface area contributed by atoms with E-state index in [2.05, 4.69) is 65.2 Å². The van der Waals surface area contributed by atoms with E-state index in [1.165, 1.54) is 35.1 Å². The minimum absolute atomic E-state index is 0.891. The lowest BCUT2D eigenvalue weighted by molar-refractivity contribution is 0.675. The molecule has 106 valence electrons. The molecule has 0 spiro atoms. The van der Waals surface area contributed by atoms with Crippen LogP contribution in [0.1, 0.15) is 32.3 Å². The first-order chi connectivity index (χ1) is 9.11. The lowest BCUT2D eigenvalue weighted by atomic mass is 10.2. The largest absolute Gasteiger partial charge is 0.373 e. The van der Waals surface area contributed by atoms with Crippen LogP contribution in [0.4, 0.5) is 5.69 Å². The highest BCUT2D eigenvalue weighted by atomic mass is 79.9. The maximum Gasteiger partial charge on any atom is 0.0508 e. The first-order valence-corrected chi connectivity index (χ1v) is 8.11. The third-order valence-electron chi connectivity index (χ3n) is 3.96. The van der Waals surface area contributed by atoms with Gasteiger partial charge in [-0.25, -0.2) is 0 Å². The second kappa shape index (κ2) is 6.76. The molecule has 3 heteroatoms. The van der Waals surface area contributed by atoms with Crippen molar-refractivity contribution in [3.8, 4) is 0 Å². The van der Waals surface area contributed by atoms with Crippen LogP contribution < -0.4 is 10.2 Å². The third-order valence-corrected chi connectivity index (χ3v) is 4.60. The molecule has 1 fully saturated rings. The molecular formula is C16H25BrN2. The van der Waals surface area contributed by atoms with Gasteiger partial charge in [0.15, 0.2) is 0 Å². The van der Waals surface area contributed by atoms with Gasteiger partial charge < -0.3 is 10.2 Å². The summed E-state index contributed by atoms with van der Waals surface area (Å²) >= 11 is 3.71. The van der Waals surface area contributed by atoms with Gasteiger partial charge in [-0.05, 0) is 64.8 Å². The Morgan fingerprint density at radius 3 is 2.74 bits per heavy atom. The summed E-state index contributed by atoms with van der Waals surface area (Å²) in [6, 6.07) is 6.71. The van der Waals surface area contributed by atoms with Crippen LogP contribution >= 0.6 is 15.9 Å². The zero-order valence-electron chi connectivity index (χ0n) is 12.2. The standard InChI is InChI=1S/C16H25BrN2/c1-4-7-18-10-13-5-6-16(15(17)9-13)19(3)11-14-8-12(14)2/h5-6,9,12,14,18H,4,7-8,10-11H2,1-3H3. The Morgan fingerprint density at radius 1 is 1.42 bits per heavy atom. The van der Waals surface area contributed by atoms with E-state index >= 15 is 0 Å². The highest BCUT2D eigenvalue weighted by Crippen LogP contribution is 2.39. The molecule has 0 amide bonds. The maximum absolute atomic E-state index is 3.71. The number of halogens is 1. The van der Waals surface area contributed by atoms with Crippen molar-refractivity contribution in [2.45, 2.75) is 33.2 Å². The van der Waals surface area contributed by atoms with Gasteiger partial charge in [-0.2, -0.15) is 0 Å². The molecule has 1 aliphatic rings. The summed E-state index contributed by atoms with van der Waals surface area (Å²) in [6.45, 7) is 7.75. The number of nitrogens with zero attached hydrogens (tertiary/aromatic N) is 1. The summed E-state index contributed by atoms with van der Waals surface area (Å²) in [5.74, 6) is 1.81. The fourth-order valence-electron chi connectivity index (χ4n) is 2.48. The predicted octanol–water partition coefficient (Wildman–Crippen LogP) is 4.04. The molecule has 1 saturated carbocycles. The highest BCUT2D eigenvalue weighted by molar-refractivity contribution is 9.10. The smallest absolute Gasteiger partial charge is 0.0508 e. The van der Waals surface area contributed by atoms with Crippen LogP contribution in [-0.4, -0.2) is 20.1 Å². The number of benzene rings is 1. The molecule has 2 atom stereocenters. The van der Waals surface area contributed by atoms with E-state index < -0.39 is 0 Å². The van der Waals surface area contributed by atoms with Crippen LogP contribution in [0.5, 0.6) is 0 Å². The Hall–Kier alpha value is -0.540. The predicted molar refractivity (Wildman–Crippen MR) is 86.7 cm³/mol. The van der Waals surface area contributed by atoms with Crippen molar-refractivity contribution in [2.75, 3.05) is 25.0 Å². The van der Waals surface area contributed by atoms with E-state index in [1.807, 2.05) is 0 Å². The lowest BCUT2D eigenvalue weighted by Crippen LogP contribution is -2.21. The first-order valence-electron chi connectivity index (χ1n) is 7.32. The minimum Gasteiger partial charge on any atom is -0.373 e. The van der Waals surface area contributed by atoms with Crippen molar-refractivity contribution < 1.29 is 0 Å². The molecule has 0 saturated heterocycles. The first kappa shape index (κ1) is 14.9. The van der Waals surface area contributed by atoms with E-state index in [1.54, 1.807) is 0 Å². The zero-order chi connectivity index (χ0) is 13.8. The normalized spacial score (nSPS) is 21.5. The fraction of sp³-hybridized carbons (Fsp3) is 0.625. The zero-order valence-corrected chi connectivity index (χ0v) is 13.8. The third kappa shape index (κ3) is 4.22. The maximum atomic E-state index is 3.71. The average Bonchev–Trinajstić information content (AvgIpc) is 3.05. The van der Waals surface area contributed by atoms with E-state index in [9.17, 15) is 0 Å². The summed E-state index contributed by atoms with van der Waals surface area (Å²) in [5, 5.41) is 3.44. The minimum atomic E-state index is 0.891. The number of hydrogen-bond acceptors (Lipinski definition) is 2. The number of anilines is 1. The Morgan fingerprint density at radius 2 is 2.16 bits per heavy atom. The van der Waals surface area contributed by atoms with Gasteiger partial charge in [-0.15, -0.1) is 0 Å². The van der Waals surface area contributed by atoms with E-state index in [4.69, 9.17) is 0 Å². The topological polar surface area (TPSA) is 15.3 Å². The van der Waals surface area contributed by atoms with Crippen molar-refractivity contribution in [1.29, 1.82) is 0 Å². The summed E-state index contributed by atoms with van der Waals surface area (Å²) in [4.78, 5) is 2.38. The van der Waals surface area contributed by atoms with Gasteiger partial charge in [0, 0.05) is 24.6 Å².